The number of thioether (sulfide) groups is 2. The highest BCUT2D eigenvalue weighted by atomic mass is 32.2. The van der Waals surface area contributed by atoms with Gasteiger partial charge in [-0.15, -0.1) is 16.9 Å². The fraction of sp³-hybridized carbons (Fsp3) is 0.704. The lowest BCUT2D eigenvalue weighted by Gasteiger charge is -2.49. The number of nitrogens with zero attached hydrogens (tertiary/aromatic N) is 5. The summed E-state index contributed by atoms with van der Waals surface area (Å²) < 4.78 is 7.17. The van der Waals surface area contributed by atoms with E-state index in [-0.39, 0.29) is 47.6 Å². The van der Waals surface area contributed by atoms with Crippen LogP contribution in [0.5, 0.6) is 0 Å². The first-order valence-corrected chi connectivity index (χ1v) is 16.5. The van der Waals surface area contributed by atoms with Crippen molar-refractivity contribution in [3.05, 3.63) is 11.3 Å². The molecule has 4 N–H and O–H groups in total. The molecule has 3 amide bonds. The second-order valence-electron chi connectivity index (χ2n) is 12.5. The second-order valence-corrected chi connectivity index (χ2v) is 14.6. The van der Waals surface area contributed by atoms with E-state index in [1.165, 1.54) is 33.1 Å². The molecule has 3 fully saturated rings. The number of β-lactam (4-membered cyclic amide) rings is 1. The summed E-state index contributed by atoms with van der Waals surface area (Å²) in [6, 6.07) is -2.13. The van der Waals surface area contributed by atoms with Crippen LogP contribution < -0.4 is 10.6 Å². The standard InChI is InChI=1S/C27H37N7O8S2/c1-26(2)14-8-9-27(26,3)16(10-14)42-25(41)28-15(22(37)38)6-5-7-17(35)29-18-20(36)34-19(23(39)40)13(11-43-21(18)34)12-44-24-30-31-32-33(24)4/h14-16,18,21H,5-12H2,1-4H3,(H,28,41)(H,29,35)(H,37,38)(H,39,40)/t14?,15?,16?,18?,21-,27?/m0/s1. The summed E-state index contributed by atoms with van der Waals surface area (Å²) in [5.41, 5.74) is 0.328. The summed E-state index contributed by atoms with van der Waals surface area (Å²) in [4.78, 5) is 63.4. The summed E-state index contributed by atoms with van der Waals surface area (Å²) in [5.74, 6) is -2.37. The van der Waals surface area contributed by atoms with Crippen LogP contribution in [0.15, 0.2) is 16.4 Å². The van der Waals surface area contributed by atoms with Gasteiger partial charge >= 0.3 is 18.0 Å². The zero-order chi connectivity index (χ0) is 32.0. The summed E-state index contributed by atoms with van der Waals surface area (Å²) in [6.07, 6.45) is 1.80. The molecule has 1 aromatic heterocycles. The summed E-state index contributed by atoms with van der Waals surface area (Å²) in [7, 11) is 1.67. The van der Waals surface area contributed by atoms with Crippen molar-refractivity contribution in [2.24, 2.45) is 23.8 Å². The number of fused-ring (bicyclic) bond motifs is 3. The molecule has 240 valence electrons. The van der Waals surface area contributed by atoms with Crippen molar-refractivity contribution < 1.29 is 38.9 Å². The molecule has 6 atom stereocenters. The van der Waals surface area contributed by atoms with E-state index in [9.17, 15) is 34.2 Å². The molecule has 44 heavy (non-hydrogen) atoms. The average molecular weight is 652 g/mol. The van der Waals surface area contributed by atoms with Gasteiger partial charge in [-0.3, -0.25) is 14.5 Å². The third-order valence-corrected chi connectivity index (χ3v) is 12.4. The van der Waals surface area contributed by atoms with E-state index in [2.05, 4.69) is 46.9 Å². The monoisotopic (exact) mass is 651 g/mol. The molecule has 1 saturated heterocycles. The largest absolute Gasteiger partial charge is 0.480 e. The Kier molecular flexibility index (Phi) is 8.90. The van der Waals surface area contributed by atoms with Gasteiger partial charge in [-0.25, -0.2) is 19.1 Å². The van der Waals surface area contributed by atoms with Gasteiger partial charge in [0.1, 0.15) is 29.3 Å². The van der Waals surface area contributed by atoms with E-state index in [1.54, 1.807) is 7.05 Å². The number of aromatic nitrogens is 4. The van der Waals surface area contributed by atoms with Crippen LogP contribution in [0.25, 0.3) is 0 Å². The SMILES string of the molecule is Cn1nnnc1SCC1=C(C(=O)O)N2C(=O)C(NC(=O)CCCC(NC(=O)OC3CC4CCC3(C)C4(C)C)C(=O)O)[C@@H]2SC1. The molecule has 0 spiro atoms. The molecule has 1 aromatic rings. The van der Waals surface area contributed by atoms with E-state index in [1.807, 2.05) is 0 Å². The van der Waals surface area contributed by atoms with E-state index < -0.39 is 47.3 Å². The molecule has 17 heteroatoms. The predicted octanol–water partition coefficient (Wildman–Crippen LogP) is 1.61. The van der Waals surface area contributed by atoms with Crippen LogP contribution in [0.4, 0.5) is 4.79 Å². The van der Waals surface area contributed by atoms with Gasteiger partial charge < -0.3 is 25.6 Å². The Balaban J connectivity index is 1.09. The Morgan fingerprint density at radius 3 is 2.57 bits per heavy atom. The smallest absolute Gasteiger partial charge is 0.408 e. The Hall–Kier alpha value is -3.34. The highest BCUT2D eigenvalue weighted by Gasteiger charge is 2.63. The van der Waals surface area contributed by atoms with E-state index in [0.29, 0.717) is 22.4 Å². The predicted molar refractivity (Wildman–Crippen MR) is 157 cm³/mol. The number of carbonyl (C=O) groups excluding carboxylic acids is 3. The normalized spacial score (nSPS) is 29.1. The molecule has 0 aromatic carbocycles. The molecule has 2 saturated carbocycles. The van der Waals surface area contributed by atoms with Crippen LogP contribution in [0.2, 0.25) is 0 Å². The summed E-state index contributed by atoms with van der Waals surface area (Å²) in [6.45, 7) is 6.51. The number of amides is 3. The van der Waals surface area contributed by atoms with E-state index in [0.717, 1.165) is 19.3 Å². The van der Waals surface area contributed by atoms with Gasteiger partial charge in [0.15, 0.2) is 0 Å². The maximum Gasteiger partial charge on any atom is 0.408 e. The van der Waals surface area contributed by atoms with Crippen molar-refractivity contribution in [3.8, 4) is 0 Å². The van der Waals surface area contributed by atoms with Gasteiger partial charge in [-0.1, -0.05) is 32.5 Å². The molecule has 2 bridgehead atoms. The zero-order valence-corrected chi connectivity index (χ0v) is 26.6. The number of rotatable bonds is 12. The van der Waals surface area contributed by atoms with Crippen LogP contribution in [-0.4, -0.2) is 100 Å². The maximum absolute atomic E-state index is 12.9. The third-order valence-electron chi connectivity index (χ3n) is 9.97. The number of tetrazole rings is 1. The zero-order valence-electron chi connectivity index (χ0n) is 24.9. The molecule has 2 aliphatic heterocycles. The Morgan fingerprint density at radius 1 is 1.23 bits per heavy atom. The first kappa shape index (κ1) is 32.1. The molecule has 5 unspecified atom stereocenters. The Labute approximate surface area is 262 Å². The topological polar surface area (TPSA) is 206 Å². The van der Waals surface area contributed by atoms with Gasteiger partial charge in [-0.05, 0) is 59.4 Å². The number of carbonyl (C=O) groups is 5. The van der Waals surface area contributed by atoms with Crippen LogP contribution in [-0.2, 0) is 31.0 Å². The molecule has 0 radical (unpaired) electrons. The van der Waals surface area contributed by atoms with Gasteiger partial charge in [0.25, 0.3) is 5.91 Å². The minimum absolute atomic E-state index is 0.00914. The fourth-order valence-corrected chi connectivity index (χ4v) is 9.21. The van der Waals surface area contributed by atoms with Gasteiger partial charge in [-0.2, -0.15) is 0 Å². The van der Waals surface area contributed by atoms with E-state index >= 15 is 0 Å². The minimum Gasteiger partial charge on any atom is -0.480 e. The lowest BCUT2D eigenvalue weighted by Crippen LogP contribution is -2.70. The molecular formula is C27H37N7O8S2. The fourth-order valence-electron chi connectivity index (χ4n) is 6.87. The van der Waals surface area contributed by atoms with Crippen molar-refractivity contribution in [1.82, 2.24) is 35.7 Å². The van der Waals surface area contributed by atoms with Crippen molar-refractivity contribution in [1.29, 1.82) is 0 Å². The molecule has 3 heterocycles. The van der Waals surface area contributed by atoms with Crippen LogP contribution in [0.1, 0.15) is 59.3 Å². The van der Waals surface area contributed by atoms with Crippen molar-refractivity contribution in [2.75, 3.05) is 11.5 Å². The van der Waals surface area contributed by atoms with Crippen LogP contribution in [0, 0.1) is 16.7 Å². The minimum atomic E-state index is -1.23. The molecule has 5 rings (SSSR count). The molecule has 15 nitrogen and oxygen atoms in total. The second kappa shape index (κ2) is 12.2. The summed E-state index contributed by atoms with van der Waals surface area (Å²) in [5, 5.41) is 35.7. The van der Waals surface area contributed by atoms with Crippen molar-refractivity contribution in [3.63, 3.8) is 0 Å². The van der Waals surface area contributed by atoms with Crippen molar-refractivity contribution in [2.45, 2.75) is 88.0 Å². The highest BCUT2D eigenvalue weighted by molar-refractivity contribution is 8.01. The van der Waals surface area contributed by atoms with Gasteiger partial charge in [0, 0.05) is 30.4 Å². The first-order chi connectivity index (χ1) is 20.7. The van der Waals surface area contributed by atoms with E-state index in [4.69, 9.17) is 4.74 Å². The van der Waals surface area contributed by atoms with Crippen LogP contribution in [0.3, 0.4) is 0 Å². The molecular weight excluding hydrogens is 614 g/mol. The number of hydrogen-bond acceptors (Lipinski definition) is 11. The molecule has 4 aliphatic rings. The number of alkyl carbamates (subject to hydrolysis) is 1. The third kappa shape index (κ3) is 5.75. The number of aliphatic carboxylic acids is 2. The Morgan fingerprint density at radius 2 is 1.98 bits per heavy atom. The molecule has 2 aliphatic carbocycles. The summed E-state index contributed by atoms with van der Waals surface area (Å²) >= 11 is 2.61. The van der Waals surface area contributed by atoms with Crippen molar-refractivity contribution >= 4 is 53.4 Å². The van der Waals surface area contributed by atoms with Gasteiger partial charge in [0.05, 0.1) is 0 Å². The number of ether oxygens (including phenoxy) is 1. The Bertz CT molecular complexity index is 1400. The highest BCUT2D eigenvalue weighted by Crippen LogP contribution is 2.66. The van der Waals surface area contributed by atoms with Gasteiger partial charge in [0.2, 0.25) is 11.1 Å². The quantitative estimate of drug-likeness (QED) is 0.187. The number of aryl methyl sites for hydroxylation is 1. The number of carboxylic acid groups (broad SMARTS) is 2. The van der Waals surface area contributed by atoms with Crippen LogP contribution >= 0.6 is 23.5 Å². The lowest BCUT2D eigenvalue weighted by molar-refractivity contribution is -0.150. The average Bonchev–Trinajstić information content (AvgIpc) is 3.53. The number of carboxylic acids is 2. The maximum atomic E-state index is 12.9. The lowest BCUT2D eigenvalue weighted by atomic mass is 9.70. The number of hydrogen-bond donors (Lipinski definition) is 4. The number of nitrogens with one attached hydrogen (secondary N) is 2. The first-order valence-electron chi connectivity index (χ1n) is 14.5.